The first-order chi connectivity index (χ1) is 8.97. The summed E-state index contributed by atoms with van der Waals surface area (Å²) in [5.41, 5.74) is 6.15. The number of halogens is 3. The molecule has 0 heterocycles. The number of rotatable bonds is 6. The average molecular weight is 277 g/mol. The maximum Gasteiger partial charge on any atom is 0.389 e. The monoisotopic (exact) mass is 277 g/mol. The first-order valence-electron chi connectivity index (χ1n) is 6.52. The highest BCUT2D eigenvalue weighted by atomic mass is 19.4. The fourth-order valence-corrected chi connectivity index (χ4v) is 1.36. The molecule has 0 saturated heterocycles. The van der Waals surface area contributed by atoms with Gasteiger partial charge in [-0.2, -0.15) is 13.2 Å². The third kappa shape index (κ3) is 10.2. The van der Waals surface area contributed by atoms with E-state index >= 15 is 0 Å². The van der Waals surface area contributed by atoms with Crippen LogP contribution in [0.5, 0.6) is 5.75 Å². The topological polar surface area (TPSA) is 35.2 Å². The van der Waals surface area contributed by atoms with Crippen molar-refractivity contribution in [1.82, 2.24) is 0 Å². The van der Waals surface area contributed by atoms with E-state index in [0.29, 0.717) is 30.9 Å². The molecule has 110 valence electrons. The minimum absolute atomic E-state index is 0.161. The molecule has 5 heteroatoms. The fraction of sp³-hybridized carbons (Fsp3) is 0.571. The molecule has 0 spiro atoms. The lowest BCUT2D eigenvalue weighted by Gasteiger charge is -2.07. The van der Waals surface area contributed by atoms with Crippen molar-refractivity contribution in [3.63, 3.8) is 0 Å². The van der Waals surface area contributed by atoms with Crippen molar-refractivity contribution in [3.05, 3.63) is 24.3 Å². The van der Waals surface area contributed by atoms with Crippen molar-refractivity contribution in [2.45, 2.75) is 45.7 Å². The standard InChI is InChI=1S/C12H16F3NO.C2H6/c13-12(14,15)8-2-1-3-9-17-11-6-4-10(16)5-7-11;1-2/h4-7H,1-3,8-9,16H2;1-2H3. The predicted molar refractivity (Wildman–Crippen MR) is 72.2 cm³/mol. The molecule has 19 heavy (non-hydrogen) atoms. The number of ether oxygens (including phenoxy) is 1. The van der Waals surface area contributed by atoms with Crippen LogP contribution in [0, 0.1) is 0 Å². The van der Waals surface area contributed by atoms with Crippen molar-refractivity contribution >= 4 is 5.69 Å². The van der Waals surface area contributed by atoms with Gasteiger partial charge in [0.2, 0.25) is 0 Å². The number of unbranched alkanes of at least 4 members (excludes halogenated alkanes) is 2. The summed E-state index contributed by atoms with van der Waals surface area (Å²) in [5, 5.41) is 0. The summed E-state index contributed by atoms with van der Waals surface area (Å²) in [5.74, 6) is 0.690. The van der Waals surface area contributed by atoms with Gasteiger partial charge in [-0.05, 0) is 43.5 Å². The number of hydrogen-bond acceptors (Lipinski definition) is 2. The van der Waals surface area contributed by atoms with E-state index in [0.717, 1.165) is 0 Å². The molecule has 0 radical (unpaired) electrons. The molecule has 1 rings (SSSR count). The summed E-state index contributed by atoms with van der Waals surface area (Å²) in [6.45, 7) is 4.43. The molecular weight excluding hydrogens is 255 g/mol. The molecule has 0 atom stereocenters. The zero-order chi connectivity index (χ0) is 14.7. The van der Waals surface area contributed by atoms with E-state index in [1.165, 1.54) is 0 Å². The molecular formula is C14H22F3NO. The van der Waals surface area contributed by atoms with Crippen molar-refractivity contribution in [2.24, 2.45) is 0 Å². The Bertz CT molecular complexity index is 322. The number of nitrogen functional groups attached to an aromatic ring is 1. The molecule has 0 fully saturated rings. The van der Waals surface area contributed by atoms with Gasteiger partial charge in [0, 0.05) is 12.1 Å². The maximum absolute atomic E-state index is 11.8. The number of alkyl halides is 3. The molecule has 0 aliphatic carbocycles. The second kappa shape index (κ2) is 9.53. The second-order valence-electron chi connectivity index (χ2n) is 3.84. The van der Waals surface area contributed by atoms with Crippen LogP contribution in [0.4, 0.5) is 18.9 Å². The normalized spacial score (nSPS) is 10.6. The Morgan fingerprint density at radius 1 is 1.00 bits per heavy atom. The van der Waals surface area contributed by atoms with Crippen LogP contribution in [0.1, 0.15) is 39.5 Å². The molecule has 0 amide bonds. The van der Waals surface area contributed by atoms with Crippen molar-refractivity contribution in [2.75, 3.05) is 12.3 Å². The largest absolute Gasteiger partial charge is 0.494 e. The van der Waals surface area contributed by atoms with Crippen LogP contribution in [0.15, 0.2) is 24.3 Å². The molecule has 2 nitrogen and oxygen atoms in total. The van der Waals surface area contributed by atoms with Crippen LogP contribution in [-0.2, 0) is 0 Å². The lowest BCUT2D eigenvalue weighted by atomic mass is 10.2. The summed E-state index contributed by atoms with van der Waals surface area (Å²) >= 11 is 0. The van der Waals surface area contributed by atoms with E-state index in [-0.39, 0.29) is 6.42 Å². The zero-order valence-electron chi connectivity index (χ0n) is 11.5. The van der Waals surface area contributed by atoms with Crippen LogP contribution in [-0.4, -0.2) is 12.8 Å². The van der Waals surface area contributed by atoms with E-state index in [9.17, 15) is 13.2 Å². The fourth-order valence-electron chi connectivity index (χ4n) is 1.36. The minimum atomic E-state index is -4.04. The highest BCUT2D eigenvalue weighted by Gasteiger charge is 2.25. The molecule has 0 aliphatic rings. The highest BCUT2D eigenvalue weighted by Crippen LogP contribution is 2.22. The van der Waals surface area contributed by atoms with Gasteiger partial charge in [-0.15, -0.1) is 0 Å². The second-order valence-corrected chi connectivity index (χ2v) is 3.84. The van der Waals surface area contributed by atoms with Crippen LogP contribution in [0.3, 0.4) is 0 Å². The third-order valence-electron chi connectivity index (χ3n) is 2.25. The minimum Gasteiger partial charge on any atom is -0.494 e. The Hall–Kier alpha value is -1.39. The van der Waals surface area contributed by atoms with Gasteiger partial charge in [0.05, 0.1) is 6.61 Å². The van der Waals surface area contributed by atoms with E-state index in [2.05, 4.69) is 0 Å². The molecule has 1 aromatic carbocycles. The van der Waals surface area contributed by atoms with E-state index in [1.54, 1.807) is 24.3 Å². The van der Waals surface area contributed by atoms with Gasteiger partial charge in [-0.1, -0.05) is 13.8 Å². The van der Waals surface area contributed by atoms with E-state index in [4.69, 9.17) is 10.5 Å². The zero-order valence-corrected chi connectivity index (χ0v) is 11.5. The van der Waals surface area contributed by atoms with Crippen LogP contribution < -0.4 is 10.5 Å². The Kier molecular flexibility index (Phi) is 8.83. The predicted octanol–water partition coefficient (Wildman–Crippen LogP) is 4.80. The summed E-state index contributed by atoms with van der Waals surface area (Å²) in [7, 11) is 0. The Labute approximate surface area is 112 Å². The van der Waals surface area contributed by atoms with Crippen LogP contribution in [0.2, 0.25) is 0 Å². The molecule has 0 unspecified atom stereocenters. The Balaban J connectivity index is 0.00000154. The van der Waals surface area contributed by atoms with Gasteiger partial charge in [0.1, 0.15) is 5.75 Å². The number of benzene rings is 1. The van der Waals surface area contributed by atoms with Crippen molar-refractivity contribution in [3.8, 4) is 5.75 Å². The van der Waals surface area contributed by atoms with Gasteiger partial charge in [0.15, 0.2) is 0 Å². The molecule has 0 aromatic heterocycles. The first kappa shape index (κ1) is 17.6. The van der Waals surface area contributed by atoms with Crippen LogP contribution in [0.25, 0.3) is 0 Å². The van der Waals surface area contributed by atoms with Gasteiger partial charge in [0.25, 0.3) is 0 Å². The van der Waals surface area contributed by atoms with E-state index < -0.39 is 12.6 Å². The van der Waals surface area contributed by atoms with Crippen molar-refractivity contribution < 1.29 is 17.9 Å². The smallest absolute Gasteiger partial charge is 0.389 e. The summed E-state index contributed by atoms with van der Waals surface area (Å²) in [6.07, 6.45) is -3.45. The highest BCUT2D eigenvalue weighted by molar-refractivity contribution is 5.41. The maximum atomic E-state index is 11.8. The lowest BCUT2D eigenvalue weighted by Crippen LogP contribution is -2.06. The van der Waals surface area contributed by atoms with Gasteiger partial charge in [-0.3, -0.25) is 0 Å². The SMILES string of the molecule is CC.Nc1ccc(OCCCCCC(F)(F)F)cc1. The van der Waals surface area contributed by atoms with Gasteiger partial charge < -0.3 is 10.5 Å². The number of anilines is 1. The number of nitrogens with two attached hydrogens (primary N) is 1. The first-order valence-corrected chi connectivity index (χ1v) is 6.52. The third-order valence-corrected chi connectivity index (χ3v) is 2.25. The quantitative estimate of drug-likeness (QED) is 0.599. The lowest BCUT2D eigenvalue weighted by molar-refractivity contribution is -0.135. The molecule has 1 aromatic rings. The molecule has 0 bridgehead atoms. The number of hydrogen-bond donors (Lipinski definition) is 1. The Morgan fingerprint density at radius 3 is 2.11 bits per heavy atom. The van der Waals surface area contributed by atoms with Gasteiger partial charge >= 0.3 is 6.18 Å². The van der Waals surface area contributed by atoms with Gasteiger partial charge in [-0.25, -0.2) is 0 Å². The molecule has 2 N–H and O–H groups in total. The molecule has 0 saturated carbocycles. The Morgan fingerprint density at radius 2 is 1.58 bits per heavy atom. The summed E-state index contributed by atoms with van der Waals surface area (Å²) < 4.78 is 40.8. The van der Waals surface area contributed by atoms with E-state index in [1.807, 2.05) is 13.8 Å². The summed E-state index contributed by atoms with van der Waals surface area (Å²) in [4.78, 5) is 0. The average Bonchev–Trinajstić information content (AvgIpc) is 2.37. The van der Waals surface area contributed by atoms with Crippen LogP contribution >= 0.6 is 0 Å². The molecule has 0 aliphatic heterocycles. The van der Waals surface area contributed by atoms with Crippen molar-refractivity contribution in [1.29, 1.82) is 0 Å². The summed E-state index contributed by atoms with van der Waals surface area (Å²) in [6, 6.07) is 6.92.